The largest absolute Gasteiger partial charge is 0.478 e. The highest BCUT2D eigenvalue weighted by Gasteiger charge is 2.38. The molecule has 3 nitrogen and oxygen atoms in total. The molecule has 2 N–H and O–H groups in total. The molecule has 0 rings (SSSR count). The summed E-state index contributed by atoms with van der Waals surface area (Å²) in [6.07, 6.45) is -0.577. The van der Waals surface area contributed by atoms with Gasteiger partial charge in [0.1, 0.15) is 0 Å². The van der Waals surface area contributed by atoms with E-state index in [1.807, 2.05) is 6.92 Å². The van der Waals surface area contributed by atoms with Crippen LogP contribution in [0.1, 0.15) is 32.6 Å². The lowest BCUT2D eigenvalue weighted by Crippen LogP contribution is -2.23. The van der Waals surface area contributed by atoms with Crippen LogP contribution in [0, 0.1) is 0 Å². The summed E-state index contributed by atoms with van der Waals surface area (Å²) < 4.78 is 36.3. The molecule has 0 radical (unpaired) electrons. The first kappa shape index (κ1) is 14.8. The van der Waals surface area contributed by atoms with Gasteiger partial charge in [0.25, 0.3) is 0 Å². The Bertz CT molecular complexity index is 249. The molecule has 0 aliphatic heterocycles. The maximum absolute atomic E-state index is 12.1. The number of rotatable bonds is 7. The lowest BCUT2D eigenvalue weighted by Gasteiger charge is -2.07. The van der Waals surface area contributed by atoms with Crippen LogP contribution in [0.4, 0.5) is 13.2 Å². The monoisotopic (exact) mass is 239 g/mol. The number of nitrogens with one attached hydrogen (secondary N) is 1. The van der Waals surface area contributed by atoms with Crippen molar-refractivity contribution in [3.63, 3.8) is 0 Å². The second-order valence-corrected chi connectivity index (χ2v) is 3.38. The van der Waals surface area contributed by atoms with Crippen LogP contribution in [0.25, 0.3) is 0 Å². The van der Waals surface area contributed by atoms with Crippen LogP contribution in [0.3, 0.4) is 0 Å². The van der Waals surface area contributed by atoms with E-state index in [0.717, 1.165) is 25.7 Å². The van der Waals surface area contributed by atoms with Gasteiger partial charge in [-0.2, -0.15) is 13.2 Å². The molecule has 0 aromatic heterocycles. The van der Waals surface area contributed by atoms with Crippen molar-refractivity contribution >= 4 is 5.97 Å². The van der Waals surface area contributed by atoms with Crippen molar-refractivity contribution in [1.82, 2.24) is 5.32 Å². The Kier molecular flexibility index (Phi) is 6.60. The first-order chi connectivity index (χ1) is 7.39. The number of hydrogen-bond acceptors (Lipinski definition) is 2. The fourth-order valence-electron chi connectivity index (χ4n) is 1.09. The molecule has 0 aliphatic rings. The minimum Gasteiger partial charge on any atom is -0.478 e. The third-order valence-corrected chi connectivity index (χ3v) is 1.96. The minimum absolute atomic E-state index is 0.354. The lowest BCUT2D eigenvalue weighted by molar-refractivity contribution is -0.144. The van der Waals surface area contributed by atoms with Crippen molar-refractivity contribution in [3.8, 4) is 0 Å². The number of hydrogen-bond donors (Lipinski definition) is 2. The predicted molar refractivity (Wildman–Crippen MR) is 53.9 cm³/mol. The van der Waals surface area contributed by atoms with Crippen LogP contribution in [-0.4, -0.2) is 23.8 Å². The van der Waals surface area contributed by atoms with Gasteiger partial charge in [-0.15, -0.1) is 0 Å². The third-order valence-electron chi connectivity index (χ3n) is 1.96. The van der Waals surface area contributed by atoms with Crippen LogP contribution in [0.2, 0.25) is 0 Å². The molecule has 16 heavy (non-hydrogen) atoms. The van der Waals surface area contributed by atoms with Crippen LogP contribution >= 0.6 is 0 Å². The summed E-state index contributed by atoms with van der Waals surface area (Å²) in [4.78, 5) is 10.3. The van der Waals surface area contributed by atoms with Gasteiger partial charge < -0.3 is 10.4 Å². The zero-order valence-corrected chi connectivity index (χ0v) is 9.10. The topological polar surface area (TPSA) is 49.3 Å². The zero-order chi connectivity index (χ0) is 12.6. The molecule has 0 amide bonds. The first-order valence-electron chi connectivity index (χ1n) is 5.13. The van der Waals surface area contributed by atoms with Gasteiger partial charge in [0.2, 0.25) is 0 Å². The van der Waals surface area contributed by atoms with E-state index in [2.05, 4.69) is 5.32 Å². The molecule has 0 aromatic carbocycles. The first-order valence-corrected chi connectivity index (χ1v) is 5.13. The van der Waals surface area contributed by atoms with E-state index in [0.29, 0.717) is 12.7 Å². The Morgan fingerprint density at radius 3 is 2.38 bits per heavy atom. The van der Waals surface area contributed by atoms with Gasteiger partial charge >= 0.3 is 12.1 Å². The van der Waals surface area contributed by atoms with Crippen molar-refractivity contribution in [1.29, 1.82) is 0 Å². The molecule has 94 valence electrons. The molecule has 0 bridgehead atoms. The lowest BCUT2D eigenvalue weighted by atomic mass is 10.2. The molecular formula is C10H16F3NO2. The van der Waals surface area contributed by atoms with Crippen molar-refractivity contribution in [2.45, 2.75) is 38.8 Å². The van der Waals surface area contributed by atoms with E-state index < -0.39 is 17.7 Å². The van der Waals surface area contributed by atoms with Crippen molar-refractivity contribution in [2.24, 2.45) is 0 Å². The average Bonchev–Trinajstić information content (AvgIpc) is 2.13. The van der Waals surface area contributed by atoms with Gasteiger partial charge in [-0.05, 0) is 6.42 Å². The Hall–Kier alpha value is -1.20. The van der Waals surface area contributed by atoms with Crippen molar-refractivity contribution < 1.29 is 23.1 Å². The molecule has 0 aromatic rings. The maximum atomic E-state index is 12.1. The predicted octanol–water partition coefficient (Wildman–Crippen LogP) is 2.69. The molecule has 6 heteroatoms. The van der Waals surface area contributed by atoms with E-state index in [1.165, 1.54) is 0 Å². The number of aliphatic carboxylic acids is 1. The molecule has 0 unspecified atom stereocenters. The van der Waals surface area contributed by atoms with Gasteiger partial charge in [0, 0.05) is 12.7 Å². The van der Waals surface area contributed by atoms with Gasteiger partial charge in [-0.25, -0.2) is 4.79 Å². The van der Waals surface area contributed by atoms with Crippen LogP contribution in [0.5, 0.6) is 0 Å². The second kappa shape index (κ2) is 7.14. The highest BCUT2D eigenvalue weighted by molar-refractivity contribution is 5.87. The third kappa shape index (κ3) is 6.31. The summed E-state index contributed by atoms with van der Waals surface area (Å²) in [5.41, 5.74) is -1.57. The van der Waals surface area contributed by atoms with E-state index in [9.17, 15) is 18.0 Å². The number of unbranched alkanes of at least 4 members (excludes halogenated alkanes) is 3. The summed E-state index contributed by atoms with van der Waals surface area (Å²) >= 11 is 0. The van der Waals surface area contributed by atoms with Gasteiger partial charge in [0.15, 0.2) is 5.57 Å². The van der Waals surface area contributed by atoms with Crippen molar-refractivity contribution in [3.05, 3.63) is 11.8 Å². The SMILES string of the molecule is CCCCCCN/C=C(\C(=O)O)C(F)(F)F. The van der Waals surface area contributed by atoms with Gasteiger partial charge in [0.05, 0.1) is 0 Å². The van der Waals surface area contributed by atoms with Crippen molar-refractivity contribution in [2.75, 3.05) is 6.54 Å². The number of carboxylic acids is 1. The van der Waals surface area contributed by atoms with Crippen LogP contribution in [-0.2, 0) is 4.79 Å². The molecule has 0 aliphatic carbocycles. The molecule has 0 saturated carbocycles. The van der Waals surface area contributed by atoms with Gasteiger partial charge in [-0.3, -0.25) is 0 Å². The Morgan fingerprint density at radius 1 is 1.31 bits per heavy atom. The molecule has 0 atom stereocenters. The molecule has 0 heterocycles. The normalized spacial score (nSPS) is 12.6. The summed E-state index contributed by atoms with van der Waals surface area (Å²) in [6, 6.07) is 0. The number of alkyl halides is 3. The van der Waals surface area contributed by atoms with Crippen LogP contribution in [0.15, 0.2) is 11.8 Å². The van der Waals surface area contributed by atoms with E-state index in [-0.39, 0.29) is 0 Å². The average molecular weight is 239 g/mol. The summed E-state index contributed by atoms with van der Waals surface area (Å²) in [5.74, 6) is -1.96. The van der Waals surface area contributed by atoms with Crippen LogP contribution < -0.4 is 5.32 Å². The van der Waals surface area contributed by atoms with E-state index in [4.69, 9.17) is 5.11 Å². The number of carbonyl (C=O) groups is 1. The summed E-state index contributed by atoms with van der Waals surface area (Å²) in [5, 5.41) is 10.7. The highest BCUT2D eigenvalue weighted by Crippen LogP contribution is 2.24. The molecule has 0 fully saturated rings. The highest BCUT2D eigenvalue weighted by atomic mass is 19.4. The maximum Gasteiger partial charge on any atom is 0.424 e. The minimum atomic E-state index is -4.82. The number of halogens is 3. The quantitative estimate of drug-likeness (QED) is 0.530. The zero-order valence-electron chi connectivity index (χ0n) is 9.10. The molecule has 0 spiro atoms. The Labute approximate surface area is 92.3 Å². The fraction of sp³-hybridized carbons (Fsp3) is 0.700. The summed E-state index contributed by atoms with van der Waals surface area (Å²) in [7, 11) is 0. The molecular weight excluding hydrogens is 223 g/mol. The number of carboxylic acid groups (broad SMARTS) is 1. The second-order valence-electron chi connectivity index (χ2n) is 3.38. The standard InChI is InChI=1S/C10H16F3NO2/c1-2-3-4-5-6-14-7-8(9(15)16)10(11,12)13/h7,14H,2-6H2,1H3,(H,15,16)/b8-7+. The molecule has 0 saturated heterocycles. The fourth-order valence-corrected chi connectivity index (χ4v) is 1.09. The Morgan fingerprint density at radius 2 is 1.94 bits per heavy atom. The van der Waals surface area contributed by atoms with E-state index in [1.54, 1.807) is 0 Å². The van der Waals surface area contributed by atoms with E-state index >= 15 is 0 Å². The van der Waals surface area contributed by atoms with Gasteiger partial charge in [-0.1, -0.05) is 26.2 Å². The Balaban J connectivity index is 4.02. The smallest absolute Gasteiger partial charge is 0.424 e. The summed E-state index contributed by atoms with van der Waals surface area (Å²) in [6.45, 7) is 2.38.